The first-order valence-corrected chi connectivity index (χ1v) is 7.82. The van der Waals surface area contributed by atoms with E-state index in [0.717, 1.165) is 31.2 Å². The highest BCUT2D eigenvalue weighted by Crippen LogP contribution is 2.35. The molecule has 1 amide bonds. The van der Waals surface area contributed by atoms with Crippen molar-refractivity contribution in [2.45, 2.75) is 52.1 Å². The van der Waals surface area contributed by atoms with Crippen LogP contribution in [-0.4, -0.2) is 23.4 Å². The minimum atomic E-state index is -0.476. The summed E-state index contributed by atoms with van der Waals surface area (Å²) >= 11 is 0. The maximum atomic E-state index is 13.3. The monoisotopic (exact) mass is 292 g/mol. The fourth-order valence-corrected chi connectivity index (χ4v) is 2.82. The molecule has 1 aromatic rings. The summed E-state index contributed by atoms with van der Waals surface area (Å²) < 4.78 is 13.3. The van der Waals surface area contributed by atoms with Gasteiger partial charge < -0.3 is 10.6 Å². The Morgan fingerprint density at radius 1 is 1.38 bits per heavy atom. The molecule has 1 aromatic carbocycles. The number of carbonyl (C=O) groups excluding carboxylic acids is 1. The zero-order valence-corrected chi connectivity index (χ0v) is 12.9. The van der Waals surface area contributed by atoms with Gasteiger partial charge in [0.1, 0.15) is 5.82 Å². The largest absolute Gasteiger partial charge is 0.335 e. The van der Waals surface area contributed by atoms with Crippen molar-refractivity contribution in [1.82, 2.24) is 4.90 Å². The first kappa shape index (κ1) is 16.0. The number of amides is 1. The minimum absolute atomic E-state index is 0.127. The molecular weight excluding hydrogens is 267 g/mol. The number of nitrogens with zero attached hydrogens (tertiary/aromatic N) is 1. The molecule has 21 heavy (non-hydrogen) atoms. The molecule has 0 aromatic heterocycles. The first-order chi connectivity index (χ1) is 10.1. The van der Waals surface area contributed by atoms with Crippen molar-refractivity contribution in [3.05, 3.63) is 35.6 Å². The molecule has 2 N–H and O–H groups in total. The van der Waals surface area contributed by atoms with Gasteiger partial charge in [-0.05, 0) is 43.4 Å². The van der Waals surface area contributed by atoms with Gasteiger partial charge in [0.25, 0.3) is 0 Å². The second-order valence-corrected chi connectivity index (χ2v) is 5.99. The highest BCUT2D eigenvalue weighted by molar-refractivity contribution is 5.83. The van der Waals surface area contributed by atoms with Gasteiger partial charge in [-0.25, -0.2) is 4.39 Å². The molecule has 116 valence electrons. The smallest absolute Gasteiger partial charge is 0.230 e. The van der Waals surface area contributed by atoms with E-state index in [-0.39, 0.29) is 11.7 Å². The molecule has 0 atom stereocenters. The third-order valence-corrected chi connectivity index (χ3v) is 4.69. The van der Waals surface area contributed by atoms with E-state index >= 15 is 0 Å². The second-order valence-electron chi connectivity index (χ2n) is 5.99. The lowest BCUT2D eigenvalue weighted by Crippen LogP contribution is -2.48. The van der Waals surface area contributed by atoms with Crippen molar-refractivity contribution >= 4 is 5.91 Å². The number of nitrogens with two attached hydrogens (primary N) is 1. The average molecular weight is 292 g/mol. The summed E-state index contributed by atoms with van der Waals surface area (Å²) in [5.41, 5.74) is 6.26. The Bertz CT molecular complexity index is 487. The highest BCUT2D eigenvalue weighted by atomic mass is 19.1. The van der Waals surface area contributed by atoms with Gasteiger partial charge in [0.15, 0.2) is 0 Å². The lowest BCUT2D eigenvalue weighted by molar-refractivity contribution is -0.143. The number of halogens is 1. The van der Waals surface area contributed by atoms with Gasteiger partial charge in [-0.3, -0.25) is 4.79 Å². The zero-order valence-electron chi connectivity index (χ0n) is 12.9. The van der Waals surface area contributed by atoms with E-state index in [2.05, 4.69) is 0 Å². The van der Waals surface area contributed by atoms with Gasteiger partial charge in [-0.2, -0.15) is 0 Å². The number of benzene rings is 1. The van der Waals surface area contributed by atoms with Crippen LogP contribution in [0, 0.1) is 11.2 Å². The Balaban J connectivity index is 2.21. The van der Waals surface area contributed by atoms with Gasteiger partial charge in [0, 0.05) is 19.1 Å². The number of rotatable bonds is 7. The predicted molar refractivity (Wildman–Crippen MR) is 82.0 cm³/mol. The first-order valence-electron chi connectivity index (χ1n) is 7.82. The molecule has 1 aliphatic rings. The Labute approximate surface area is 126 Å². The minimum Gasteiger partial charge on any atom is -0.335 e. The van der Waals surface area contributed by atoms with Crippen molar-refractivity contribution < 1.29 is 9.18 Å². The van der Waals surface area contributed by atoms with Crippen molar-refractivity contribution in [2.24, 2.45) is 11.1 Å². The molecule has 2 rings (SSSR count). The van der Waals surface area contributed by atoms with Crippen LogP contribution in [0.15, 0.2) is 24.3 Å². The Morgan fingerprint density at radius 3 is 2.52 bits per heavy atom. The van der Waals surface area contributed by atoms with Crippen molar-refractivity contribution in [3.8, 4) is 0 Å². The van der Waals surface area contributed by atoms with Crippen LogP contribution in [0.5, 0.6) is 0 Å². The normalized spacial score (nSPS) is 15.0. The van der Waals surface area contributed by atoms with Crippen LogP contribution in [0.3, 0.4) is 0 Å². The molecule has 0 aliphatic heterocycles. The molecule has 0 bridgehead atoms. The molecular formula is C17H25FN2O. The average Bonchev–Trinajstić information content (AvgIpc) is 3.32. The topological polar surface area (TPSA) is 46.3 Å². The maximum absolute atomic E-state index is 13.3. The fraction of sp³-hybridized carbons (Fsp3) is 0.588. The number of hydrogen-bond acceptors (Lipinski definition) is 2. The molecule has 0 unspecified atom stereocenters. The van der Waals surface area contributed by atoms with Gasteiger partial charge >= 0.3 is 0 Å². The van der Waals surface area contributed by atoms with Crippen LogP contribution in [0.2, 0.25) is 0 Å². The van der Waals surface area contributed by atoms with E-state index in [4.69, 9.17) is 5.73 Å². The molecule has 0 heterocycles. The Morgan fingerprint density at radius 2 is 2.05 bits per heavy atom. The van der Waals surface area contributed by atoms with Crippen LogP contribution in [-0.2, 0) is 11.3 Å². The van der Waals surface area contributed by atoms with Crippen LogP contribution < -0.4 is 5.73 Å². The maximum Gasteiger partial charge on any atom is 0.230 e. The van der Waals surface area contributed by atoms with E-state index in [9.17, 15) is 9.18 Å². The summed E-state index contributed by atoms with van der Waals surface area (Å²) in [6, 6.07) is 6.79. The van der Waals surface area contributed by atoms with E-state index in [0.29, 0.717) is 19.1 Å². The molecule has 0 spiro atoms. The summed E-state index contributed by atoms with van der Waals surface area (Å²) in [6.07, 6.45) is 3.56. The van der Waals surface area contributed by atoms with E-state index in [1.54, 1.807) is 6.07 Å². The third kappa shape index (κ3) is 3.43. The Hall–Kier alpha value is -1.42. The van der Waals surface area contributed by atoms with E-state index in [1.807, 2.05) is 24.8 Å². The molecule has 3 nitrogen and oxygen atoms in total. The molecule has 1 fully saturated rings. The van der Waals surface area contributed by atoms with Gasteiger partial charge in [0.05, 0.1) is 5.41 Å². The molecule has 1 aliphatic carbocycles. The van der Waals surface area contributed by atoms with E-state index in [1.165, 1.54) is 12.1 Å². The summed E-state index contributed by atoms with van der Waals surface area (Å²) in [4.78, 5) is 14.9. The van der Waals surface area contributed by atoms with Gasteiger partial charge in [0.2, 0.25) is 5.91 Å². The van der Waals surface area contributed by atoms with Crippen molar-refractivity contribution in [1.29, 1.82) is 0 Å². The molecule has 4 heteroatoms. The fourth-order valence-electron chi connectivity index (χ4n) is 2.82. The summed E-state index contributed by atoms with van der Waals surface area (Å²) in [7, 11) is 0. The van der Waals surface area contributed by atoms with Crippen molar-refractivity contribution in [2.75, 3.05) is 6.54 Å². The SMILES string of the molecule is CCC(CC)(CN)C(=O)N(Cc1cccc(F)c1)C1CC1. The third-order valence-electron chi connectivity index (χ3n) is 4.69. The number of hydrogen-bond donors (Lipinski definition) is 1. The van der Waals surface area contributed by atoms with Crippen LogP contribution in [0.4, 0.5) is 4.39 Å². The number of carbonyl (C=O) groups is 1. The Kier molecular flexibility index (Phi) is 4.99. The van der Waals surface area contributed by atoms with Crippen LogP contribution in [0.1, 0.15) is 45.1 Å². The lowest BCUT2D eigenvalue weighted by atomic mass is 9.80. The second kappa shape index (κ2) is 6.56. The molecule has 0 radical (unpaired) electrons. The molecule has 1 saturated carbocycles. The van der Waals surface area contributed by atoms with Crippen LogP contribution in [0.25, 0.3) is 0 Å². The highest BCUT2D eigenvalue weighted by Gasteiger charge is 2.42. The summed E-state index contributed by atoms with van der Waals surface area (Å²) in [5, 5.41) is 0. The van der Waals surface area contributed by atoms with Gasteiger partial charge in [-0.1, -0.05) is 26.0 Å². The van der Waals surface area contributed by atoms with Crippen molar-refractivity contribution in [3.63, 3.8) is 0 Å². The lowest BCUT2D eigenvalue weighted by Gasteiger charge is -2.35. The zero-order chi connectivity index (χ0) is 15.5. The quantitative estimate of drug-likeness (QED) is 0.839. The van der Waals surface area contributed by atoms with E-state index < -0.39 is 5.41 Å². The standard InChI is InChI=1S/C17H25FN2O/c1-3-17(4-2,12-19)16(21)20(15-8-9-15)11-13-6-5-7-14(18)10-13/h5-7,10,15H,3-4,8-9,11-12,19H2,1-2H3. The summed E-state index contributed by atoms with van der Waals surface area (Å²) in [6.45, 7) is 4.87. The summed E-state index contributed by atoms with van der Waals surface area (Å²) in [5.74, 6) is -0.131. The van der Waals surface area contributed by atoms with Crippen LogP contribution >= 0.6 is 0 Å². The predicted octanol–water partition coefficient (Wildman–Crippen LogP) is 3.08. The molecule has 0 saturated heterocycles. The van der Waals surface area contributed by atoms with Gasteiger partial charge in [-0.15, -0.1) is 0 Å².